The first-order valence-corrected chi connectivity index (χ1v) is 11.0. The molecule has 1 aliphatic rings. The fourth-order valence-electron chi connectivity index (χ4n) is 3.66. The summed E-state index contributed by atoms with van der Waals surface area (Å²) in [5.41, 5.74) is 0.900. The Morgan fingerprint density at radius 2 is 1.88 bits per heavy atom. The Bertz CT molecular complexity index is 916. The van der Waals surface area contributed by atoms with Crippen molar-refractivity contribution in [2.45, 2.75) is 39.3 Å². The molecular formula is C25H32N2O5. The normalized spacial score (nSPS) is 17.7. The topological polar surface area (TPSA) is 77.1 Å². The van der Waals surface area contributed by atoms with E-state index < -0.39 is 6.10 Å². The molecule has 0 unspecified atom stereocenters. The van der Waals surface area contributed by atoms with Crippen LogP contribution in [0.5, 0.6) is 17.2 Å². The van der Waals surface area contributed by atoms with Crippen LogP contribution in [0.25, 0.3) is 0 Å². The molecule has 7 nitrogen and oxygen atoms in total. The second-order valence-corrected chi connectivity index (χ2v) is 8.16. The van der Waals surface area contributed by atoms with E-state index in [0.29, 0.717) is 36.3 Å². The van der Waals surface area contributed by atoms with Crippen LogP contribution in [-0.2, 0) is 9.59 Å². The van der Waals surface area contributed by atoms with E-state index in [2.05, 4.69) is 19.2 Å². The maximum absolute atomic E-state index is 12.9. The fraction of sp³-hybridized carbons (Fsp3) is 0.440. The van der Waals surface area contributed by atoms with Gasteiger partial charge in [-0.2, -0.15) is 0 Å². The van der Waals surface area contributed by atoms with Crippen LogP contribution in [-0.4, -0.2) is 49.6 Å². The highest BCUT2D eigenvalue weighted by molar-refractivity contribution is 5.89. The molecule has 1 saturated heterocycles. The molecule has 1 aliphatic heterocycles. The van der Waals surface area contributed by atoms with E-state index >= 15 is 0 Å². The first-order valence-electron chi connectivity index (χ1n) is 11.0. The number of amides is 2. The van der Waals surface area contributed by atoms with Crippen LogP contribution in [0.4, 0.5) is 0 Å². The average molecular weight is 441 g/mol. The SMILES string of the molecule is CCNC(=O)COc1ccc([C@H]2[C@H](Oc3ccccc3)C(=O)N2CCC(C)C)cc1OC. The number of likely N-dealkylation sites (tertiary alicyclic amines) is 1. The summed E-state index contributed by atoms with van der Waals surface area (Å²) >= 11 is 0. The monoisotopic (exact) mass is 440 g/mol. The minimum Gasteiger partial charge on any atom is -0.493 e. The summed E-state index contributed by atoms with van der Waals surface area (Å²) in [4.78, 5) is 26.5. The van der Waals surface area contributed by atoms with Gasteiger partial charge < -0.3 is 24.4 Å². The van der Waals surface area contributed by atoms with Gasteiger partial charge in [-0.05, 0) is 49.1 Å². The van der Waals surface area contributed by atoms with Crippen molar-refractivity contribution < 1.29 is 23.8 Å². The molecule has 0 radical (unpaired) electrons. The number of ether oxygens (including phenoxy) is 3. The Kier molecular flexibility index (Phi) is 7.98. The third-order valence-corrected chi connectivity index (χ3v) is 5.36. The van der Waals surface area contributed by atoms with Crippen LogP contribution < -0.4 is 19.5 Å². The molecule has 0 bridgehead atoms. The van der Waals surface area contributed by atoms with Crippen molar-refractivity contribution >= 4 is 11.8 Å². The fourth-order valence-corrected chi connectivity index (χ4v) is 3.66. The molecule has 0 spiro atoms. The highest BCUT2D eigenvalue weighted by atomic mass is 16.5. The molecule has 172 valence electrons. The summed E-state index contributed by atoms with van der Waals surface area (Å²) in [5, 5.41) is 2.70. The van der Waals surface area contributed by atoms with E-state index in [1.54, 1.807) is 13.2 Å². The highest BCUT2D eigenvalue weighted by Crippen LogP contribution is 2.41. The van der Waals surface area contributed by atoms with Crippen molar-refractivity contribution in [1.29, 1.82) is 0 Å². The number of methoxy groups -OCH3 is 1. The maximum atomic E-state index is 12.9. The molecule has 0 aliphatic carbocycles. The Morgan fingerprint density at radius 1 is 1.12 bits per heavy atom. The lowest BCUT2D eigenvalue weighted by molar-refractivity contribution is -0.164. The number of β-lactam (4-membered cyclic amide) rings is 1. The number of para-hydroxylation sites is 1. The number of carbonyl (C=O) groups is 2. The molecule has 2 amide bonds. The van der Waals surface area contributed by atoms with Crippen LogP contribution in [0.1, 0.15) is 38.8 Å². The number of likely N-dealkylation sites (N-methyl/N-ethyl adjacent to an activating group) is 1. The molecule has 1 fully saturated rings. The van der Waals surface area contributed by atoms with Gasteiger partial charge in [0.05, 0.1) is 7.11 Å². The summed E-state index contributed by atoms with van der Waals surface area (Å²) in [7, 11) is 1.55. The second-order valence-electron chi connectivity index (χ2n) is 8.16. The summed E-state index contributed by atoms with van der Waals surface area (Å²) < 4.78 is 17.2. The van der Waals surface area contributed by atoms with Gasteiger partial charge in [0.15, 0.2) is 18.1 Å². The minimum absolute atomic E-state index is 0.0185. The molecule has 1 heterocycles. The maximum Gasteiger partial charge on any atom is 0.266 e. The predicted octanol–water partition coefficient (Wildman–Crippen LogP) is 3.59. The van der Waals surface area contributed by atoms with Crippen molar-refractivity contribution in [3.05, 3.63) is 54.1 Å². The molecule has 32 heavy (non-hydrogen) atoms. The van der Waals surface area contributed by atoms with Gasteiger partial charge in [0, 0.05) is 13.1 Å². The quantitative estimate of drug-likeness (QED) is 0.541. The van der Waals surface area contributed by atoms with Gasteiger partial charge in [0.25, 0.3) is 11.8 Å². The van der Waals surface area contributed by atoms with E-state index in [-0.39, 0.29) is 24.5 Å². The van der Waals surface area contributed by atoms with Gasteiger partial charge in [-0.25, -0.2) is 0 Å². The van der Waals surface area contributed by atoms with Crippen molar-refractivity contribution in [3.63, 3.8) is 0 Å². The number of nitrogens with one attached hydrogen (secondary N) is 1. The average Bonchev–Trinajstić information content (AvgIpc) is 2.79. The smallest absolute Gasteiger partial charge is 0.266 e. The molecular weight excluding hydrogens is 408 g/mol. The van der Waals surface area contributed by atoms with Crippen LogP contribution in [0.2, 0.25) is 0 Å². The van der Waals surface area contributed by atoms with E-state index in [1.165, 1.54) is 0 Å². The molecule has 0 saturated carbocycles. The van der Waals surface area contributed by atoms with Crippen molar-refractivity contribution in [3.8, 4) is 17.2 Å². The van der Waals surface area contributed by atoms with E-state index in [9.17, 15) is 9.59 Å². The van der Waals surface area contributed by atoms with Crippen LogP contribution >= 0.6 is 0 Å². The van der Waals surface area contributed by atoms with E-state index in [0.717, 1.165) is 12.0 Å². The van der Waals surface area contributed by atoms with E-state index in [4.69, 9.17) is 14.2 Å². The zero-order valence-electron chi connectivity index (χ0n) is 19.2. The van der Waals surface area contributed by atoms with Crippen molar-refractivity contribution in [2.24, 2.45) is 5.92 Å². The van der Waals surface area contributed by atoms with Gasteiger partial charge in [-0.1, -0.05) is 38.1 Å². The second kappa shape index (κ2) is 10.9. The Morgan fingerprint density at radius 3 is 2.53 bits per heavy atom. The third kappa shape index (κ3) is 5.52. The minimum atomic E-state index is -0.601. The van der Waals surface area contributed by atoms with Gasteiger partial charge in [0.1, 0.15) is 11.8 Å². The van der Waals surface area contributed by atoms with Crippen molar-refractivity contribution in [2.75, 3.05) is 26.8 Å². The number of hydrogen-bond donors (Lipinski definition) is 1. The van der Waals surface area contributed by atoms with Crippen LogP contribution in [0.15, 0.2) is 48.5 Å². The standard InChI is InChI=1S/C25H32N2O5/c1-5-26-22(28)16-31-20-12-11-18(15-21(20)30-4)23-24(32-19-9-7-6-8-10-19)25(29)27(23)14-13-17(2)3/h6-12,15,17,23-24H,5,13-14,16H2,1-4H3,(H,26,28)/t23-,24-/m0/s1. The molecule has 1 N–H and O–H groups in total. The number of hydrogen-bond acceptors (Lipinski definition) is 5. The molecule has 7 heteroatoms. The Hall–Kier alpha value is -3.22. The number of nitrogens with zero attached hydrogens (tertiary/aromatic N) is 1. The van der Waals surface area contributed by atoms with Gasteiger partial charge in [-0.15, -0.1) is 0 Å². The Balaban J connectivity index is 1.82. The number of rotatable bonds is 11. The predicted molar refractivity (Wildman–Crippen MR) is 122 cm³/mol. The van der Waals surface area contributed by atoms with Crippen molar-refractivity contribution in [1.82, 2.24) is 10.2 Å². The number of benzene rings is 2. The summed E-state index contributed by atoms with van der Waals surface area (Å²) in [6, 6.07) is 14.7. The lowest BCUT2D eigenvalue weighted by Crippen LogP contribution is -2.61. The number of carbonyl (C=O) groups excluding carboxylic acids is 2. The first-order chi connectivity index (χ1) is 15.4. The van der Waals surface area contributed by atoms with Gasteiger partial charge in [-0.3, -0.25) is 9.59 Å². The molecule has 2 atom stereocenters. The first kappa shape index (κ1) is 23.4. The van der Waals surface area contributed by atoms with Gasteiger partial charge >= 0.3 is 0 Å². The molecule has 3 rings (SSSR count). The lowest BCUT2D eigenvalue weighted by Gasteiger charge is -2.47. The van der Waals surface area contributed by atoms with Gasteiger partial charge in [0.2, 0.25) is 6.10 Å². The van der Waals surface area contributed by atoms with Crippen LogP contribution in [0.3, 0.4) is 0 Å². The summed E-state index contributed by atoms with van der Waals surface area (Å²) in [6.45, 7) is 7.25. The molecule has 0 aromatic heterocycles. The zero-order chi connectivity index (χ0) is 23.1. The third-order valence-electron chi connectivity index (χ3n) is 5.36. The summed E-state index contributed by atoms with van der Waals surface area (Å²) in [6.07, 6.45) is 0.307. The lowest BCUT2D eigenvalue weighted by atomic mass is 9.89. The van der Waals surface area contributed by atoms with E-state index in [1.807, 2.05) is 54.3 Å². The Labute approximate surface area is 189 Å². The zero-order valence-corrected chi connectivity index (χ0v) is 19.2. The highest BCUT2D eigenvalue weighted by Gasteiger charge is 2.50. The molecule has 2 aromatic rings. The van der Waals surface area contributed by atoms with Crippen LogP contribution in [0, 0.1) is 5.92 Å². The molecule has 2 aromatic carbocycles. The largest absolute Gasteiger partial charge is 0.493 e. The summed E-state index contributed by atoms with van der Waals surface area (Å²) in [5.74, 6) is 1.91.